The fraction of sp³-hybridized carbons (Fsp3) is 0.250. The molecule has 0 amide bonds. The van der Waals surface area contributed by atoms with Gasteiger partial charge in [-0.2, -0.15) is 13.2 Å². The number of phenolic OH excluding ortho intramolecular Hbond substituents is 1. The number of aromatic nitrogens is 1. The van der Waals surface area contributed by atoms with Gasteiger partial charge in [-0.25, -0.2) is 4.98 Å². The summed E-state index contributed by atoms with van der Waals surface area (Å²) in [6, 6.07) is 4.66. The standard InChI is InChI=1S/C12H10F3NO2/c1-6(17)9-3-2-7-4-8(12(13,14)15)11(18)5-10(7)16-9/h2-6,17-18H,1H3. The van der Waals surface area contributed by atoms with Crippen molar-refractivity contribution in [2.75, 3.05) is 0 Å². The molecule has 1 aromatic heterocycles. The van der Waals surface area contributed by atoms with Gasteiger partial charge in [-0.15, -0.1) is 0 Å². The Hall–Kier alpha value is -1.82. The Morgan fingerprint density at radius 3 is 2.44 bits per heavy atom. The van der Waals surface area contributed by atoms with Crippen molar-refractivity contribution in [1.82, 2.24) is 4.98 Å². The van der Waals surface area contributed by atoms with Gasteiger partial charge in [-0.3, -0.25) is 0 Å². The number of hydrogen-bond acceptors (Lipinski definition) is 3. The molecular weight excluding hydrogens is 247 g/mol. The third-order valence-electron chi connectivity index (χ3n) is 2.56. The molecule has 0 aliphatic heterocycles. The topological polar surface area (TPSA) is 53.4 Å². The van der Waals surface area contributed by atoms with Crippen LogP contribution in [0.1, 0.15) is 24.3 Å². The summed E-state index contributed by atoms with van der Waals surface area (Å²) in [5.74, 6) is -0.870. The summed E-state index contributed by atoms with van der Waals surface area (Å²) < 4.78 is 37.7. The second-order valence-electron chi connectivity index (χ2n) is 3.97. The number of alkyl halides is 3. The number of aliphatic hydroxyl groups is 1. The van der Waals surface area contributed by atoms with Gasteiger partial charge in [0.25, 0.3) is 0 Å². The lowest BCUT2D eigenvalue weighted by Crippen LogP contribution is -2.05. The molecule has 6 heteroatoms. The molecule has 2 N–H and O–H groups in total. The van der Waals surface area contributed by atoms with E-state index in [4.69, 9.17) is 0 Å². The van der Waals surface area contributed by atoms with E-state index in [0.29, 0.717) is 5.69 Å². The average Bonchev–Trinajstić information content (AvgIpc) is 2.25. The Bertz CT molecular complexity index is 594. The molecule has 2 aromatic rings. The molecule has 0 fully saturated rings. The number of aromatic hydroxyl groups is 1. The minimum absolute atomic E-state index is 0.207. The van der Waals surface area contributed by atoms with Crippen LogP contribution in [-0.2, 0) is 6.18 Å². The van der Waals surface area contributed by atoms with Crippen LogP contribution in [0.4, 0.5) is 13.2 Å². The van der Waals surface area contributed by atoms with Crippen molar-refractivity contribution in [3.63, 3.8) is 0 Å². The van der Waals surface area contributed by atoms with E-state index in [1.54, 1.807) is 0 Å². The van der Waals surface area contributed by atoms with Crippen molar-refractivity contribution in [3.8, 4) is 5.75 Å². The number of hydrogen-bond donors (Lipinski definition) is 2. The maximum Gasteiger partial charge on any atom is 0.419 e. The van der Waals surface area contributed by atoms with Crippen LogP contribution < -0.4 is 0 Å². The number of fused-ring (bicyclic) bond motifs is 1. The van der Waals surface area contributed by atoms with E-state index in [9.17, 15) is 23.4 Å². The number of phenols is 1. The highest BCUT2D eigenvalue weighted by atomic mass is 19.4. The molecular formula is C12H10F3NO2. The minimum Gasteiger partial charge on any atom is -0.507 e. The van der Waals surface area contributed by atoms with Gasteiger partial charge >= 0.3 is 6.18 Å². The largest absolute Gasteiger partial charge is 0.507 e. The van der Waals surface area contributed by atoms with Crippen LogP contribution in [0.25, 0.3) is 10.9 Å². The van der Waals surface area contributed by atoms with Gasteiger partial charge in [0.15, 0.2) is 0 Å². The van der Waals surface area contributed by atoms with Gasteiger partial charge in [0, 0.05) is 11.5 Å². The molecule has 0 saturated carbocycles. The predicted octanol–water partition coefficient (Wildman–Crippen LogP) is 3.01. The van der Waals surface area contributed by atoms with Crippen LogP contribution in [0.5, 0.6) is 5.75 Å². The lowest BCUT2D eigenvalue weighted by atomic mass is 10.1. The van der Waals surface area contributed by atoms with E-state index >= 15 is 0 Å². The second kappa shape index (κ2) is 4.13. The first-order valence-corrected chi connectivity index (χ1v) is 5.18. The fourth-order valence-electron chi connectivity index (χ4n) is 1.64. The molecule has 96 valence electrons. The monoisotopic (exact) mass is 257 g/mol. The zero-order valence-electron chi connectivity index (χ0n) is 9.36. The van der Waals surface area contributed by atoms with Crippen LogP contribution in [0.2, 0.25) is 0 Å². The Morgan fingerprint density at radius 2 is 1.89 bits per heavy atom. The van der Waals surface area contributed by atoms with Crippen LogP contribution in [0, 0.1) is 0 Å². The number of rotatable bonds is 1. The van der Waals surface area contributed by atoms with Crippen LogP contribution in [0.15, 0.2) is 24.3 Å². The van der Waals surface area contributed by atoms with Crippen LogP contribution in [-0.4, -0.2) is 15.2 Å². The first-order valence-electron chi connectivity index (χ1n) is 5.18. The van der Waals surface area contributed by atoms with E-state index < -0.39 is 23.6 Å². The van der Waals surface area contributed by atoms with Crippen molar-refractivity contribution in [1.29, 1.82) is 0 Å². The number of halogens is 3. The van der Waals surface area contributed by atoms with Gasteiger partial charge < -0.3 is 10.2 Å². The van der Waals surface area contributed by atoms with E-state index in [-0.39, 0.29) is 10.9 Å². The summed E-state index contributed by atoms with van der Waals surface area (Å²) in [6.07, 6.45) is -5.43. The predicted molar refractivity (Wildman–Crippen MR) is 59.0 cm³/mol. The smallest absolute Gasteiger partial charge is 0.419 e. The fourth-order valence-corrected chi connectivity index (χ4v) is 1.64. The third kappa shape index (κ3) is 2.24. The second-order valence-corrected chi connectivity index (χ2v) is 3.97. The third-order valence-corrected chi connectivity index (χ3v) is 2.56. The van der Waals surface area contributed by atoms with Crippen LogP contribution in [0.3, 0.4) is 0 Å². The Morgan fingerprint density at radius 1 is 1.22 bits per heavy atom. The zero-order chi connectivity index (χ0) is 13.5. The molecule has 0 aliphatic rings. The quantitative estimate of drug-likeness (QED) is 0.825. The van der Waals surface area contributed by atoms with E-state index in [2.05, 4.69) is 4.98 Å². The summed E-state index contributed by atoms with van der Waals surface area (Å²) in [6.45, 7) is 1.50. The highest BCUT2D eigenvalue weighted by molar-refractivity contribution is 5.81. The minimum atomic E-state index is -4.61. The van der Waals surface area contributed by atoms with Gasteiger partial charge in [0.1, 0.15) is 5.75 Å². The summed E-state index contributed by atoms with van der Waals surface area (Å²) in [5.41, 5.74) is -0.554. The van der Waals surface area contributed by atoms with Crippen LogP contribution >= 0.6 is 0 Å². The number of nitrogens with zero attached hydrogens (tertiary/aromatic N) is 1. The van der Waals surface area contributed by atoms with Gasteiger partial charge in [0.2, 0.25) is 0 Å². The Labute approximate surface area is 101 Å². The van der Waals surface area contributed by atoms with Crippen molar-refractivity contribution >= 4 is 10.9 Å². The van der Waals surface area contributed by atoms with Crippen molar-refractivity contribution in [2.24, 2.45) is 0 Å². The van der Waals surface area contributed by atoms with Crippen molar-refractivity contribution in [2.45, 2.75) is 19.2 Å². The molecule has 1 aromatic carbocycles. The maximum absolute atomic E-state index is 12.6. The molecule has 0 radical (unpaired) electrons. The lowest BCUT2D eigenvalue weighted by molar-refractivity contribution is -0.138. The molecule has 0 bridgehead atoms. The van der Waals surface area contributed by atoms with E-state index in [1.165, 1.54) is 19.1 Å². The Kier molecular flexibility index (Phi) is 2.90. The molecule has 1 atom stereocenters. The molecule has 18 heavy (non-hydrogen) atoms. The zero-order valence-corrected chi connectivity index (χ0v) is 9.36. The summed E-state index contributed by atoms with van der Waals surface area (Å²) in [7, 11) is 0. The summed E-state index contributed by atoms with van der Waals surface area (Å²) in [4.78, 5) is 3.98. The van der Waals surface area contributed by atoms with E-state index in [0.717, 1.165) is 12.1 Å². The molecule has 0 spiro atoms. The first-order chi connectivity index (χ1) is 8.29. The van der Waals surface area contributed by atoms with Gasteiger partial charge in [0.05, 0.1) is 22.9 Å². The molecule has 1 unspecified atom stereocenters. The maximum atomic E-state index is 12.6. The molecule has 0 aliphatic carbocycles. The summed E-state index contributed by atoms with van der Waals surface area (Å²) >= 11 is 0. The Balaban J connectivity index is 2.64. The SMILES string of the molecule is CC(O)c1ccc2cc(C(F)(F)F)c(O)cc2n1. The highest BCUT2D eigenvalue weighted by Crippen LogP contribution is 2.37. The molecule has 3 nitrogen and oxygen atoms in total. The van der Waals surface area contributed by atoms with E-state index in [1.807, 2.05) is 0 Å². The van der Waals surface area contributed by atoms with Gasteiger partial charge in [-0.1, -0.05) is 6.07 Å². The molecule has 2 rings (SSSR count). The molecule has 1 heterocycles. The first kappa shape index (κ1) is 12.6. The number of benzene rings is 1. The molecule has 0 saturated heterocycles. The lowest BCUT2D eigenvalue weighted by Gasteiger charge is -2.11. The number of aliphatic hydroxyl groups excluding tert-OH is 1. The normalized spacial score (nSPS) is 13.8. The van der Waals surface area contributed by atoms with Crippen molar-refractivity contribution < 1.29 is 23.4 Å². The summed E-state index contributed by atoms with van der Waals surface area (Å²) in [5, 5.41) is 18.9. The number of pyridine rings is 1. The highest BCUT2D eigenvalue weighted by Gasteiger charge is 2.34. The van der Waals surface area contributed by atoms with Gasteiger partial charge in [-0.05, 0) is 19.1 Å². The van der Waals surface area contributed by atoms with Crippen molar-refractivity contribution in [3.05, 3.63) is 35.5 Å². The average molecular weight is 257 g/mol.